The van der Waals surface area contributed by atoms with Crippen LogP contribution in [0.2, 0.25) is 0 Å². The quantitative estimate of drug-likeness (QED) is 0.850. The second-order valence-electron chi connectivity index (χ2n) is 5.37. The summed E-state index contributed by atoms with van der Waals surface area (Å²) < 4.78 is 1.98. The van der Waals surface area contributed by atoms with Crippen LogP contribution in [0.15, 0.2) is 42.7 Å². The minimum Gasteiger partial charge on any atom is -0.380 e. The number of hydrogen-bond donors (Lipinski definition) is 1. The van der Waals surface area contributed by atoms with Crippen molar-refractivity contribution in [3.05, 3.63) is 48.3 Å². The van der Waals surface area contributed by atoms with E-state index >= 15 is 0 Å². The molecule has 0 saturated heterocycles. The molecule has 1 aromatic carbocycles. The molecule has 19 heavy (non-hydrogen) atoms. The molecule has 1 unspecified atom stereocenters. The van der Waals surface area contributed by atoms with Gasteiger partial charge in [-0.3, -0.25) is 4.68 Å². The van der Waals surface area contributed by atoms with Crippen molar-refractivity contribution in [3.63, 3.8) is 0 Å². The molecule has 0 aliphatic heterocycles. The van der Waals surface area contributed by atoms with E-state index in [0.717, 1.165) is 18.5 Å². The molecule has 0 amide bonds. The van der Waals surface area contributed by atoms with Crippen molar-refractivity contribution < 1.29 is 0 Å². The fraction of sp³-hybridized carbons (Fsp3) is 0.438. The minimum absolute atomic E-state index is 0.412. The third kappa shape index (κ3) is 4.12. The summed E-state index contributed by atoms with van der Waals surface area (Å²) in [5.74, 6) is 0. The first-order valence-corrected chi connectivity index (χ1v) is 7.00. The Morgan fingerprint density at radius 1 is 1.16 bits per heavy atom. The van der Waals surface area contributed by atoms with Crippen LogP contribution in [0.4, 0.5) is 5.69 Å². The highest BCUT2D eigenvalue weighted by molar-refractivity contribution is 5.39. The second-order valence-corrected chi connectivity index (χ2v) is 5.37. The van der Waals surface area contributed by atoms with E-state index in [0.29, 0.717) is 12.1 Å². The number of benzene rings is 1. The van der Waals surface area contributed by atoms with Gasteiger partial charge in [0.2, 0.25) is 0 Å². The van der Waals surface area contributed by atoms with E-state index in [-0.39, 0.29) is 0 Å². The third-order valence-electron chi connectivity index (χ3n) is 3.25. The number of aromatic nitrogens is 2. The first-order valence-electron chi connectivity index (χ1n) is 7.00. The number of nitrogens with one attached hydrogen (secondary N) is 1. The molecule has 1 atom stereocenters. The van der Waals surface area contributed by atoms with Gasteiger partial charge < -0.3 is 5.32 Å². The zero-order chi connectivity index (χ0) is 13.7. The minimum atomic E-state index is 0.412. The molecular formula is C16H23N3. The smallest absolute Gasteiger partial charge is 0.0728 e. The molecule has 0 bridgehead atoms. The average Bonchev–Trinajstić information content (AvgIpc) is 2.86. The molecule has 0 spiro atoms. The summed E-state index contributed by atoms with van der Waals surface area (Å²) in [6, 6.07) is 11.5. The Bertz CT molecular complexity index is 488. The lowest BCUT2D eigenvalue weighted by molar-refractivity contribution is 0.532. The molecule has 2 aromatic rings. The van der Waals surface area contributed by atoms with E-state index in [9.17, 15) is 0 Å². The molecule has 0 fully saturated rings. The van der Waals surface area contributed by atoms with E-state index in [1.54, 1.807) is 0 Å². The molecule has 1 N–H and O–H groups in total. The third-order valence-corrected chi connectivity index (χ3v) is 3.25. The van der Waals surface area contributed by atoms with Crippen LogP contribution in [0.3, 0.4) is 0 Å². The molecule has 102 valence electrons. The lowest BCUT2D eigenvalue weighted by atomic mass is 10.1. The van der Waals surface area contributed by atoms with Crippen molar-refractivity contribution in [2.24, 2.45) is 0 Å². The first kappa shape index (κ1) is 13.7. The standard InChI is InChI=1S/C16H23N3/c1-13(2)19-12-16(11-17-19)18-14(3)9-10-15-7-5-4-6-8-15/h4-8,11-14,18H,9-10H2,1-3H3. The molecule has 0 aliphatic rings. The van der Waals surface area contributed by atoms with Crippen molar-refractivity contribution in [3.8, 4) is 0 Å². The van der Waals surface area contributed by atoms with E-state index in [1.165, 1.54) is 5.56 Å². The second kappa shape index (κ2) is 6.41. The number of rotatable bonds is 6. The van der Waals surface area contributed by atoms with Crippen molar-refractivity contribution in [1.29, 1.82) is 0 Å². The highest BCUT2D eigenvalue weighted by Gasteiger charge is 2.06. The van der Waals surface area contributed by atoms with Gasteiger partial charge in [-0.15, -0.1) is 0 Å². The summed E-state index contributed by atoms with van der Waals surface area (Å²) in [5.41, 5.74) is 2.50. The molecule has 3 heteroatoms. The maximum atomic E-state index is 4.34. The summed E-state index contributed by atoms with van der Waals surface area (Å²) in [6.07, 6.45) is 6.20. The van der Waals surface area contributed by atoms with Gasteiger partial charge in [0, 0.05) is 18.3 Å². The highest BCUT2D eigenvalue weighted by atomic mass is 15.3. The Kier molecular flexibility index (Phi) is 4.61. The Morgan fingerprint density at radius 2 is 1.89 bits per heavy atom. The lowest BCUT2D eigenvalue weighted by Gasteiger charge is -2.13. The normalized spacial score (nSPS) is 12.6. The monoisotopic (exact) mass is 257 g/mol. The van der Waals surface area contributed by atoms with Gasteiger partial charge >= 0.3 is 0 Å². The molecule has 2 rings (SSSR count). The molecule has 0 radical (unpaired) electrons. The van der Waals surface area contributed by atoms with Gasteiger partial charge in [0.05, 0.1) is 11.9 Å². The topological polar surface area (TPSA) is 29.9 Å². The van der Waals surface area contributed by atoms with Crippen LogP contribution in [0.25, 0.3) is 0 Å². The lowest BCUT2D eigenvalue weighted by Crippen LogP contribution is -2.15. The fourth-order valence-corrected chi connectivity index (χ4v) is 2.08. The molecule has 1 heterocycles. The molecular weight excluding hydrogens is 234 g/mol. The van der Waals surface area contributed by atoms with Gasteiger partial charge in [-0.05, 0) is 39.2 Å². The maximum Gasteiger partial charge on any atom is 0.0728 e. The Hall–Kier alpha value is -1.77. The summed E-state index contributed by atoms with van der Waals surface area (Å²) in [5, 5.41) is 7.85. The first-order chi connectivity index (χ1) is 9.15. The van der Waals surface area contributed by atoms with Crippen LogP contribution >= 0.6 is 0 Å². The number of nitrogens with zero attached hydrogens (tertiary/aromatic N) is 2. The zero-order valence-electron chi connectivity index (χ0n) is 12.0. The average molecular weight is 257 g/mol. The number of aryl methyl sites for hydroxylation is 1. The van der Waals surface area contributed by atoms with Crippen LogP contribution in [-0.2, 0) is 6.42 Å². The highest BCUT2D eigenvalue weighted by Crippen LogP contribution is 2.13. The van der Waals surface area contributed by atoms with Gasteiger partial charge in [-0.2, -0.15) is 5.10 Å². The Balaban J connectivity index is 1.82. The van der Waals surface area contributed by atoms with Gasteiger partial charge in [0.1, 0.15) is 0 Å². The van der Waals surface area contributed by atoms with Gasteiger partial charge in [-0.1, -0.05) is 30.3 Å². The number of hydrogen-bond acceptors (Lipinski definition) is 2. The molecule has 1 aromatic heterocycles. The fourth-order valence-electron chi connectivity index (χ4n) is 2.08. The van der Waals surface area contributed by atoms with Crippen molar-refractivity contribution in [1.82, 2.24) is 9.78 Å². The van der Waals surface area contributed by atoms with Crippen LogP contribution in [0.5, 0.6) is 0 Å². The van der Waals surface area contributed by atoms with Crippen LogP contribution in [0.1, 0.15) is 38.8 Å². The van der Waals surface area contributed by atoms with E-state index in [1.807, 2.05) is 10.9 Å². The van der Waals surface area contributed by atoms with Crippen LogP contribution in [-0.4, -0.2) is 15.8 Å². The predicted molar refractivity (Wildman–Crippen MR) is 80.5 cm³/mol. The van der Waals surface area contributed by atoms with E-state index < -0.39 is 0 Å². The van der Waals surface area contributed by atoms with Crippen molar-refractivity contribution in [2.75, 3.05) is 5.32 Å². The van der Waals surface area contributed by atoms with Gasteiger partial charge in [0.25, 0.3) is 0 Å². The summed E-state index contributed by atoms with van der Waals surface area (Å²) in [6.45, 7) is 6.49. The van der Waals surface area contributed by atoms with Crippen molar-refractivity contribution >= 4 is 5.69 Å². The SMILES string of the molecule is CC(CCc1ccccc1)Nc1cnn(C(C)C)c1. The van der Waals surface area contributed by atoms with Crippen molar-refractivity contribution in [2.45, 2.75) is 45.7 Å². The summed E-state index contributed by atoms with van der Waals surface area (Å²) in [4.78, 5) is 0. The Labute approximate surface area is 115 Å². The molecule has 0 saturated carbocycles. The maximum absolute atomic E-state index is 4.34. The van der Waals surface area contributed by atoms with Crippen LogP contribution in [0, 0.1) is 0 Å². The molecule has 0 aliphatic carbocycles. The summed E-state index contributed by atoms with van der Waals surface area (Å²) >= 11 is 0. The van der Waals surface area contributed by atoms with Gasteiger partial charge in [-0.25, -0.2) is 0 Å². The Morgan fingerprint density at radius 3 is 2.53 bits per heavy atom. The predicted octanol–water partition coefficient (Wildman–Crippen LogP) is 3.90. The van der Waals surface area contributed by atoms with Gasteiger partial charge in [0.15, 0.2) is 0 Å². The summed E-state index contributed by atoms with van der Waals surface area (Å²) in [7, 11) is 0. The zero-order valence-corrected chi connectivity index (χ0v) is 12.0. The largest absolute Gasteiger partial charge is 0.380 e. The van der Waals surface area contributed by atoms with E-state index in [2.05, 4.69) is 67.7 Å². The molecule has 3 nitrogen and oxygen atoms in total. The van der Waals surface area contributed by atoms with Crippen LogP contribution < -0.4 is 5.32 Å². The van der Waals surface area contributed by atoms with E-state index in [4.69, 9.17) is 0 Å². The number of anilines is 1.